The molecular formula is C25H24N2O3. The maximum Gasteiger partial charge on any atom is 0.199 e. The molecule has 3 aromatic heterocycles. The molecule has 0 aliphatic rings. The fourth-order valence-electron chi connectivity index (χ4n) is 3.99. The molecule has 30 heavy (non-hydrogen) atoms. The minimum absolute atomic E-state index is 0.0731. The van der Waals surface area contributed by atoms with Gasteiger partial charge in [-0.3, -0.25) is 9.78 Å². The Bertz CT molecular complexity index is 1200. The number of ether oxygens (including phenoxy) is 2. The third-order valence-electron chi connectivity index (χ3n) is 5.43. The van der Waals surface area contributed by atoms with Crippen molar-refractivity contribution in [3.63, 3.8) is 0 Å². The minimum Gasteiger partial charge on any atom is -0.493 e. The first-order chi connectivity index (χ1) is 14.7. The topological polar surface area (TPSA) is 52.8 Å². The van der Waals surface area contributed by atoms with Gasteiger partial charge in [-0.2, -0.15) is 0 Å². The summed E-state index contributed by atoms with van der Waals surface area (Å²) < 4.78 is 13.0. The van der Waals surface area contributed by atoms with E-state index in [4.69, 9.17) is 9.47 Å². The van der Waals surface area contributed by atoms with Gasteiger partial charge in [0.25, 0.3) is 0 Å². The number of aromatic nitrogens is 2. The van der Waals surface area contributed by atoms with Gasteiger partial charge in [0.2, 0.25) is 0 Å². The lowest BCUT2D eigenvalue weighted by atomic mass is 9.98. The molecule has 0 spiro atoms. The van der Waals surface area contributed by atoms with Crippen molar-refractivity contribution in [3.05, 3.63) is 95.1 Å². The fraction of sp³-hybridized carbons (Fsp3) is 0.200. The summed E-state index contributed by atoms with van der Waals surface area (Å²) in [5, 5.41) is 0. The summed E-state index contributed by atoms with van der Waals surface area (Å²) in [7, 11) is 3.12. The van der Waals surface area contributed by atoms with Crippen LogP contribution in [-0.2, 0) is 12.8 Å². The molecule has 3 heterocycles. The molecule has 0 bridgehead atoms. The van der Waals surface area contributed by atoms with E-state index < -0.39 is 0 Å². The SMILES string of the molecule is COc1cccc(C(=O)c2c(C)c(CCc3ccccn3)n3ccccc23)c1OC. The normalized spacial score (nSPS) is 10.9. The standard InChI is InChI=1S/C25H24N2O3/c1-17-20(14-13-18-9-4-6-15-26-18)27-16-7-5-11-21(27)23(17)24(28)19-10-8-12-22(29-2)25(19)30-3/h4-12,15-16H,13-14H2,1-3H3. The molecule has 1 aromatic carbocycles. The third-order valence-corrected chi connectivity index (χ3v) is 5.43. The van der Waals surface area contributed by atoms with Crippen LogP contribution in [0.3, 0.4) is 0 Å². The molecule has 4 aromatic rings. The monoisotopic (exact) mass is 400 g/mol. The number of fused-ring (bicyclic) bond motifs is 1. The smallest absolute Gasteiger partial charge is 0.199 e. The van der Waals surface area contributed by atoms with Crippen molar-refractivity contribution < 1.29 is 14.3 Å². The average Bonchev–Trinajstić information content (AvgIpc) is 3.08. The first-order valence-electron chi connectivity index (χ1n) is 9.89. The number of methoxy groups -OCH3 is 2. The van der Waals surface area contributed by atoms with E-state index >= 15 is 0 Å². The summed E-state index contributed by atoms with van der Waals surface area (Å²) in [6.45, 7) is 2.01. The Morgan fingerprint density at radius 1 is 0.967 bits per heavy atom. The van der Waals surface area contributed by atoms with Gasteiger partial charge in [-0.1, -0.05) is 18.2 Å². The summed E-state index contributed by atoms with van der Waals surface area (Å²) in [5.74, 6) is 0.922. The molecule has 5 heteroatoms. The molecule has 0 saturated carbocycles. The lowest BCUT2D eigenvalue weighted by Crippen LogP contribution is -2.06. The second-order valence-electron chi connectivity index (χ2n) is 7.09. The van der Waals surface area contributed by atoms with E-state index in [1.807, 2.05) is 61.8 Å². The molecule has 0 fully saturated rings. The second-order valence-corrected chi connectivity index (χ2v) is 7.09. The average molecular weight is 400 g/mol. The number of ketones is 1. The van der Waals surface area contributed by atoms with Gasteiger partial charge in [-0.05, 0) is 61.7 Å². The van der Waals surface area contributed by atoms with Gasteiger partial charge >= 0.3 is 0 Å². The number of carbonyl (C=O) groups is 1. The number of benzene rings is 1. The molecule has 0 aliphatic heterocycles. The number of nitrogens with zero attached hydrogens (tertiary/aromatic N) is 2. The Morgan fingerprint density at radius 3 is 2.53 bits per heavy atom. The highest BCUT2D eigenvalue weighted by Gasteiger charge is 2.25. The van der Waals surface area contributed by atoms with E-state index in [0.717, 1.165) is 35.3 Å². The Kier molecular flexibility index (Phi) is 5.53. The predicted octanol–water partition coefficient (Wildman–Crippen LogP) is 4.68. The number of para-hydroxylation sites is 1. The fourth-order valence-corrected chi connectivity index (χ4v) is 3.99. The van der Waals surface area contributed by atoms with E-state index in [2.05, 4.69) is 9.38 Å². The molecule has 0 unspecified atom stereocenters. The van der Waals surface area contributed by atoms with Crippen LogP contribution in [0.4, 0.5) is 0 Å². The zero-order valence-electron chi connectivity index (χ0n) is 17.4. The summed E-state index contributed by atoms with van der Waals surface area (Å²) in [5.41, 5.74) is 5.20. The quantitative estimate of drug-likeness (QED) is 0.423. The minimum atomic E-state index is -0.0731. The van der Waals surface area contributed by atoms with Crippen LogP contribution in [-0.4, -0.2) is 29.4 Å². The highest BCUT2D eigenvalue weighted by Crippen LogP contribution is 2.35. The number of aryl methyl sites for hydroxylation is 2. The number of pyridine rings is 2. The zero-order chi connectivity index (χ0) is 21.1. The van der Waals surface area contributed by atoms with E-state index in [9.17, 15) is 4.79 Å². The molecule has 0 aliphatic carbocycles. The molecule has 5 nitrogen and oxygen atoms in total. The van der Waals surface area contributed by atoms with E-state index in [0.29, 0.717) is 22.6 Å². The highest BCUT2D eigenvalue weighted by atomic mass is 16.5. The number of hydrogen-bond acceptors (Lipinski definition) is 4. The Labute approximate surface area is 175 Å². The lowest BCUT2D eigenvalue weighted by Gasteiger charge is -2.12. The molecule has 0 atom stereocenters. The Hall–Kier alpha value is -3.60. The third kappa shape index (κ3) is 3.43. The Morgan fingerprint density at radius 2 is 1.80 bits per heavy atom. The predicted molar refractivity (Wildman–Crippen MR) is 117 cm³/mol. The molecule has 0 radical (unpaired) electrons. The van der Waals surface area contributed by atoms with E-state index in [1.54, 1.807) is 26.4 Å². The van der Waals surface area contributed by atoms with Crippen molar-refractivity contribution in [2.24, 2.45) is 0 Å². The van der Waals surface area contributed by atoms with Crippen molar-refractivity contribution in [3.8, 4) is 11.5 Å². The van der Waals surface area contributed by atoms with Crippen LogP contribution in [0.1, 0.15) is 32.9 Å². The maximum absolute atomic E-state index is 13.7. The Balaban J connectivity index is 1.80. The van der Waals surface area contributed by atoms with Gasteiger partial charge < -0.3 is 13.9 Å². The van der Waals surface area contributed by atoms with Gasteiger partial charge in [0.1, 0.15) is 0 Å². The number of rotatable bonds is 7. The molecule has 152 valence electrons. The van der Waals surface area contributed by atoms with Crippen molar-refractivity contribution >= 4 is 11.3 Å². The van der Waals surface area contributed by atoms with Crippen LogP contribution in [0.2, 0.25) is 0 Å². The first-order valence-corrected chi connectivity index (χ1v) is 9.89. The van der Waals surface area contributed by atoms with Gasteiger partial charge in [0.05, 0.1) is 30.9 Å². The number of hydrogen-bond donors (Lipinski definition) is 0. The molecule has 0 amide bonds. The van der Waals surface area contributed by atoms with Crippen molar-refractivity contribution in [2.45, 2.75) is 19.8 Å². The lowest BCUT2D eigenvalue weighted by molar-refractivity contribution is 0.103. The van der Waals surface area contributed by atoms with Gasteiger partial charge in [0, 0.05) is 23.8 Å². The van der Waals surface area contributed by atoms with Gasteiger partial charge in [0.15, 0.2) is 17.3 Å². The largest absolute Gasteiger partial charge is 0.493 e. The molecule has 0 saturated heterocycles. The van der Waals surface area contributed by atoms with Gasteiger partial charge in [-0.25, -0.2) is 0 Å². The summed E-state index contributed by atoms with van der Waals surface area (Å²) in [4.78, 5) is 18.1. The van der Waals surface area contributed by atoms with Crippen molar-refractivity contribution in [2.75, 3.05) is 14.2 Å². The van der Waals surface area contributed by atoms with Gasteiger partial charge in [-0.15, -0.1) is 0 Å². The van der Waals surface area contributed by atoms with Crippen LogP contribution < -0.4 is 9.47 Å². The molecular weight excluding hydrogens is 376 g/mol. The van der Waals surface area contributed by atoms with E-state index in [1.165, 1.54) is 0 Å². The first kappa shape index (κ1) is 19.7. The van der Waals surface area contributed by atoms with Crippen LogP contribution in [0.25, 0.3) is 5.52 Å². The molecule has 0 N–H and O–H groups in total. The van der Waals surface area contributed by atoms with E-state index in [-0.39, 0.29) is 5.78 Å². The maximum atomic E-state index is 13.7. The summed E-state index contributed by atoms with van der Waals surface area (Å²) in [6.07, 6.45) is 5.41. The van der Waals surface area contributed by atoms with Crippen LogP contribution in [0.5, 0.6) is 11.5 Å². The van der Waals surface area contributed by atoms with Crippen molar-refractivity contribution in [1.29, 1.82) is 0 Å². The highest BCUT2D eigenvalue weighted by molar-refractivity contribution is 6.16. The summed E-state index contributed by atoms with van der Waals surface area (Å²) >= 11 is 0. The van der Waals surface area contributed by atoms with Crippen LogP contribution in [0, 0.1) is 6.92 Å². The van der Waals surface area contributed by atoms with Crippen molar-refractivity contribution in [1.82, 2.24) is 9.38 Å². The molecule has 4 rings (SSSR count). The second kappa shape index (κ2) is 8.41. The number of carbonyl (C=O) groups excluding carboxylic acids is 1. The summed E-state index contributed by atoms with van der Waals surface area (Å²) in [6, 6.07) is 17.2. The van der Waals surface area contributed by atoms with Crippen LogP contribution in [0.15, 0.2) is 67.0 Å². The van der Waals surface area contributed by atoms with Crippen LogP contribution >= 0.6 is 0 Å². The zero-order valence-corrected chi connectivity index (χ0v) is 17.4.